The lowest BCUT2D eigenvalue weighted by atomic mass is 9.94. The van der Waals surface area contributed by atoms with E-state index in [1.807, 2.05) is 32.0 Å². The van der Waals surface area contributed by atoms with E-state index in [1.54, 1.807) is 19.1 Å². The molecule has 2 aromatic carbocycles. The third kappa shape index (κ3) is 3.86. The maximum atomic E-state index is 13.1. The van der Waals surface area contributed by atoms with E-state index < -0.39 is 11.0 Å². The van der Waals surface area contributed by atoms with Gasteiger partial charge in [-0.2, -0.15) is 0 Å². The van der Waals surface area contributed by atoms with E-state index in [-0.39, 0.29) is 11.6 Å². The van der Waals surface area contributed by atoms with Crippen LogP contribution in [0, 0.1) is 24.0 Å². The van der Waals surface area contributed by atoms with Crippen LogP contribution in [0.2, 0.25) is 0 Å². The normalized spacial score (nSPS) is 16.2. The van der Waals surface area contributed by atoms with Gasteiger partial charge in [-0.3, -0.25) is 14.9 Å². The number of benzene rings is 2. The second-order valence-electron chi connectivity index (χ2n) is 6.62. The van der Waals surface area contributed by atoms with Crippen molar-refractivity contribution >= 4 is 34.6 Å². The van der Waals surface area contributed by atoms with Crippen molar-refractivity contribution in [1.82, 2.24) is 10.6 Å². The summed E-state index contributed by atoms with van der Waals surface area (Å²) in [6, 6.07) is 11.3. The zero-order valence-corrected chi connectivity index (χ0v) is 16.5. The first-order valence-electron chi connectivity index (χ1n) is 8.68. The van der Waals surface area contributed by atoms with Gasteiger partial charge in [0.1, 0.15) is 0 Å². The Bertz CT molecular complexity index is 999. The number of hydrogen-bond donors (Lipinski definition) is 3. The molecule has 0 saturated heterocycles. The molecule has 0 radical (unpaired) electrons. The molecule has 0 bridgehead atoms. The minimum atomic E-state index is -0.514. The molecule has 1 amide bonds. The first kappa shape index (κ1) is 19.5. The van der Waals surface area contributed by atoms with Crippen LogP contribution >= 0.6 is 12.2 Å². The topological polar surface area (TPSA) is 96.3 Å². The van der Waals surface area contributed by atoms with E-state index in [1.165, 1.54) is 12.1 Å². The van der Waals surface area contributed by atoms with Gasteiger partial charge in [-0.1, -0.05) is 12.1 Å². The molecule has 0 aromatic heterocycles. The molecule has 0 saturated carbocycles. The SMILES string of the molecule is CC1=C(C(=O)Nc2cccc(C)c2C)[C@H](c2ccc([N+](=O)[O-])cc2)NC(=S)N1. The molecule has 1 atom stereocenters. The van der Waals surface area contributed by atoms with Crippen LogP contribution in [0.4, 0.5) is 11.4 Å². The van der Waals surface area contributed by atoms with E-state index in [2.05, 4.69) is 16.0 Å². The Kier molecular flexibility index (Phi) is 5.41. The van der Waals surface area contributed by atoms with Crippen molar-refractivity contribution in [3.05, 3.63) is 80.5 Å². The lowest BCUT2D eigenvalue weighted by molar-refractivity contribution is -0.384. The molecule has 1 aliphatic heterocycles. The zero-order chi connectivity index (χ0) is 20.4. The number of non-ortho nitro benzene ring substituents is 1. The van der Waals surface area contributed by atoms with Gasteiger partial charge in [0.05, 0.1) is 16.5 Å². The molecule has 28 heavy (non-hydrogen) atoms. The van der Waals surface area contributed by atoms with Crippen molar-refractivity contribution in [1.29, 1.82) is 0 Å². The number of nitro benzene ring substituents is 1. The number of thiocarbonyl (C=S) groups is 1. The van der Waals surface area contributed by atoms with Gasteiger partial charge in [-0.25, -0.2) is 0 Å². The first-order valence-corrected chi connectivity index (χ1v) is 9.09. The molecule has 7 nitrogen and oxygen atoms in total. The van der Waals surface area contributed by atoms with Crippen molar-refractivity contribution in [3.63, 3.8) is 0 Å². The van der Waals surface area contributed by atoms with Crippen LogP contribution < -0.4 is 16.0 Å². The fourth-order valence-corrected chi connectivity index (χ4v) is 3.38. The number of allylic oxidation sites excluding steroid dienone is 1. The van der Waals surface area contributed by atoms with Gasteiger partial charge in [-0.05, 0) is 67.9 Å². The first-order chi connectivity index (χ1) is 13.3. The minimum absolute atomic E-state index is 0.0117. The average Bonchev–Trinajstić information content (AvgIpc) is 2.64. The highest BCUT2D eigenvalue weighted by molar-refractivity contribution is 7.80. The van der Waals surface area contributed by atoms with E-state index >= 15 is 0 Å². The molecule has 0 unspecified atom stereocenters. The summed E-state index contributed by atoms with van der Waals surface area (Å²) >= 11 is 5.24. The highest BCUT2D eigenvalue weighted by atomic mass is 32.1. The van der Waals surface area contributed by atoms with Gasteiger partial charge in [0.15, 0.2) is 5.11 Å². The molecule has 0 fully saturated rings. The van der Waals surface area contributed by atoms with Crippen LogP contribution in [0.15, 0.2) is 53.7 Å². The fraction of sp³-hybridized carbons (Fsp3) is 0.200. The summed E-state index contributed by atoms with van der Waals surface area (Å²) in [5.74, 6) is -0.267. The standard InChI is InChI=1S/C20H20N4O3S/c1-11-5-4-6-16(12(11)2)22-19(25)17-13(3)21-20(28)23-18(17)14-7-9-15(10-8-14)24(26)27/h4-10,18H,1-3H3,(H,22,25)(H2,21,23,28)/t18-/m0/s1. The van der Waals surface area contributed by atoms with Gasteiger partial charge < -0.3 is 16.0 Å². The van der Waals surface area contributed by atoms with E-state index in [0.717, 1.165) is 16.8 Å². The number of carbonyl (C=O) groups is 1. The van der Waals surface area contributed by atoms with E-state index in [0.29, 0.717) is 21.9 Å². The number of nitro groups is 1. The van der Waals surface area contributed by atoms with Crippen LogP contribution in [0.1, 0.15) is 29.7 Å². The second-order valence-corrected chi connectivity index (χ2v) is 7.03. The molecular weight excluding hydrogens is 376 g/mol. The Morgan fingerprint density at radius 3 is 2.46 bits per heavy atom. The van der Waals surface area contributed by atoms with Crippen LogP contribution in [0.3, 0.4) is 0 Å². The van der Waals surface area contributed by atoms with Crippen LogP contribution in [-0.4, -0.2) is 15.9 Å². The molecule has 3 rings (SSSR count). The smallest absolute Gasteiger partial charge is 0.269 e. The lowest BCUT2D eigenvalue weighted by Gasteiger charge is -2.30. The highest BCUT2D eigenvalue weighted by Crippen LogP contribution is 2.29. The van der Waals surface area contributed by atoms with Gasteiger partial charge in [0.25, 0.3) is 11.6 Å². The molecule has 1 aliphatic rings. The van der Waals surface area contributed by atoms with Crippen molar-refractivity contribution in [2.45, 2.75) is 26.8 Å². The quantitative estimate of drug-likeness (QED) is 0.415. The molecule has 8 heteroatoms. The third-order valence-corrected chi connectivity index (χ3v) is 5.02. The molecular formula is C20H20N4O3S. The van der Waals surface area contributed by atoms with Gasteiger partial charge in [0.2, 0.25) is 0 Å². The van der Waals surface area contributed by atoms with E-state index in [4.69, 9.17) is 12.2 Å². The largest absolute Gasteiger partial charge is 0.351 e. The summed E-state index contributed by atoms with van der Waals surface area (Å²) in [6.45, 7) is 5.72. The summed E-state index contributed by atoms with van der Waals surface area (Å²) in [6.07, 6.45) is 0. The maximum Gasteiger partial charge on any atom is 0.269 e. The minimum Gasteiger partial charge on any atom is -0.351 e. The van der Waals surface area contributed by atoms with Crippen LogP contribution in [0.5, 0.6) is 0 Å². The molecule has 0 aliphatic carbocycles. The summed E-state index contributed by atoms with van der Waals surface area (Å²) in [7, 11) is 0. The second kappa shape index (κ2) is 7.77. The zero-order valence-electron chi connectivity index (χ0n) is 15.7. The Morgan fingerprint density at radius 2 is 1.82 bits per heavy atom. The molecule has 2 aromatic rings. The number of aryl methyl sites for hydroxylation is 1. The molecule has 0 spiro atoms. The Balaban J connectivity index is 1.96. The number of nitrogens with zero attached hydrogens (tertiary/aromatic N) is 1. The number of nitrogens with one attached hydrogen (secondary N) is 3. The van der Waals surface area contributed by atoms with Crippen molar-refractivity contribution < 1.29 is 9.72 Å². The molecule has 144 valence electrons. The number of anilines is 1. The van der Waals surface area contributed by atoms with E-state index in [9.17, 15) is 14.9 Å². The summed E-state index contributed by atoms with van der Waals surface area (Å²) in [4.78, 5) is 23.6. The van der Waals surface area contributed by atoms with Crippen LogP contribution in [0.25, 0.3) is 0 Å². The highest BCUT2D eigenvalue weighted by Gasteiger charge is 2.30. The average molecular weight is 396 g/mol. The van der Waals surface area contributed by atoms with Crippen LogP contribution in [-0.2, 0) is 4.79 Å². The van der Waals surface area contributed by atoms with Gasteiger partial charge in [-0.15, -0.1) is 0 Å². The predicted molar refractivity (Wildman–Crippen MR) is 112 cm³/mol. The monoisotopic (exact) mass is 396 g/mol. The summed E-state index contributed by atoms with van der Waals surface area (Å²) in [5, 5.41) is 20.3. The van der Waals surface area contributed by atoms with Gasteiger partial charge >= 0.3 is 0 Å². The summed E-state index contributed by atoms with van der Waals surface area (Å²) in [5.41, 5.74) is 4.62. The number of hydrogen-bond acceptors (Lipinski definition) is 4. The Morgan fingerprint density at radius 1 is 1.14 bits per heavy atom. The third-order valence-electron chi connectivity index (χ3n) is 4.80. The number of rotatable bonds is 4. The van der Waals surface area contributed by atoms with Crippen molar-refractivity contribution in [2.24, 2.45) is 0 Å². The number of amides is 1. The summed E-state index contributed by atoms with van der Waals surface area (Å²) < 4.78 is 0. The fourth-order valence-electron chi connectivity index (χ4n) is 3.11. The Labute approximate surface area is 168 Å². The predicted octanol–water partition coefficient (Wildman–Crippen LogP) is 3.64. The molecule has 1 heterocycles. The van der Waals surface area contributed by atoms with Gasteiger partial charge in [0, 0.05) is 23.5 Å². The van der Waals surface area contributed by atoms with Crippen molar-refractivity contribution in [3.8, 4) is 0 Å². The maximum absolute atomic E-state index is 13.1. The number of carbonyl (C=O) groups excluding carboxylic acids is 1. The van der Waals surface area contributed by atoms with Crippen molar-refractivity contribution in [2.75, 3.05) is 5.32 Å². The molecule has 3 N–H and O–H groups in total. The Hall–Kier alpha value is -3.26. The lowest BCUT2D eigenvalue weighted by Crippen LogP contribution is -2.45.